The standard InChI is InChI=1S/C26H30N2O4/c1-5-8-12-22-23(26(31)28-24-17(6-2)10-9-11-18(24)7-3)25(30)20-15-19(27-16(4)29)13-14-21(20)32-22/h9-11,13-15H,5-8,12H2,1-4H3,(H,27,29)(H,28,31). The Kier molecular flexibility index (Phi) is 7.46. The van der Waals surface area contributed by atoms with Crippen molar-refractivity contribution >= 4 is 34.2 Å². The van der Waals surface area contributed by atoms with Crippen molar-refractivity contribution in [2.75, 3.05) is 10.6 Å². The van der Waals surface area contributed by atoms with Crippen LogP contribution in [0, 0.1) is 0 Å². The van der Waals surface area contributed by atoms with Crippen LogP contribution in [0.2, 0.25) is 0 Å². The van der Waals surface area contributed by atoms with Crippen LogP contribution in [0.1, 0.15) is 67.8 Å². The number of aryl methyl sites for hydroxylation is 3. The molecule has 0 radical (unpaired) electrons. The molecule has 3 rings (SSSR count). The van der Waals surface area contributed by atoms with Crippen molar-refractivity contribution in [3.05, 3.63) is 69.1 Å². The van der Waals surface area contributed by atoms with Gasteiger partial charge in [-0.2, -0.15) is 0 Å². The topological polar surface area (TPSA) is 88.4 Å². The molecule has 168 valence electrons. The molecule has 2 aromatic carbocycles. The lowest BCUT2D eigenvalue weighted by Crippen LogP contribution is -2.25. The van der Waals surface area contributed by atoms with Gasteiger partial charge in [-0.15, -0.1) is 0 Å². The van der Waals surface area contributed by atoms with Gasteiger partial charge in [-0.1, -0.05) is 45.4 Å². The summed E-state index contributed by atoms with van der Waals surface area (Å²) in [5.74, 6) is -0.317. The van der Waals surface area contributed by atoms with E-state index in [0.29, 0.717) is 23.5 Å². The summed E-state index contributed by atoms with van der Waals surface area (Å²) in [5, 5.41) is 5.93. The van der Waals surface area contributed by atoms with Gasteiger partial charge in [0.25, 0.3) is 5.91 Å². The van der Waals surface area contributed by atoms with Crippen molar-refractivity contribution < 1.29 is 14.0 Å². The Morgan fingerprint density at radius 1 is 0.969 bits per heavy atom. The van der Waals surface area contributed by atoms with Gasteiger partial charge in [-0.05, 0) is 48.6 Å². The molecule has 0 unspecified atom stereocenters. The summed E-state index contributed by atoms with van der Waals surface area (Å²) in [7, 11) is 0. The number of carbonyl (C=O) groups is 2. The Balaban J connectivity index is 2.14. The second-order valence-corrected chi connectivity index (χ2v) is 7.84. The molecule has 0 bridgehead atoms. The van der Waals surface area contributed by atoms with Crippen LogP contribution in [0.3, 0.4) is 0 Å². The highest BCUT2D eigenvalue weighted by atomic mass is 16.3. The number of carbonyl (C=O) groups excluding carboxylic acids is 2. The number of fused-ring (bicyclic) bond motifs is 1. The molecule has 3 aromatic rings. The Bertz CT molecular complexity index is 1190. The van der Waals surface area contributed by atoms with E-state index in [1.165, 1.54) is 6.92 Å². The van der Waals surface area contributed by atoms with Gasteiger partial charge >= 0.3 is 0 Å². The van der Waals surface area contributed by atoms with E-state index in [1.807, 2.05) is 39.0 Å². The molecule has 6 heteroatoms. The quantitative estimate of drug-likeness (QED) is 0.492. The van der Waals surface area contributed by atoms with Crippen LogP contribution in [0.5, 0.6) is 0 Å². The van der Waals surface area contributed by atoms with Gasteiger partial charge in [-0.25, -0.2) is 0 Å². The Morgan fingerprint density at radius 3 is 2.25 bits per heavy atom. The summed E-state index contributed by atoms with van der Waals surface area (Å²) < 4.78 is 6.03. The Hall–Kier alpha value is -3.41. The zero-order valence-corrected chi connectivity index (χ0v) is 19.1. The van der Waals surface area contributed by atoms with Gasteiger partial charge in [0.15, 0.2) is 0 Å². The van der Waals surface area contributed by atoms with Crippen molar-refractivity contribution in [2.24, 2.45) is 0 Å². The summed E-state index contributed by atoms with van der Waals surface area (Å²) in [4.78, 5) is 38.3. The molecule has 0 aliphatic rings. The molecule has 1 heterocycles. The van der Waals surface area contributed by atoms with Crippen molar-refractivity contribution in [1.82, 2.24) is 0 Å². The van der Waals surface area contributed by atoms with Gasteiger partial charge < -0.3 is 15.1 Å². The molecule has 0 aliphatic carbocycles. The molecule has 1 aromatic heterocycles. The minimum absolute atomic E-state index is 0.0267. The van der Waals surface area contributed by atoms with Crippen molar-refractivity contribution in [3.8, 4) is 0 Å². The predicted octanol–water partition coefficient (Wildman–Crippen LogP) is 5.47. The maximum absolute atomic E-state index is 13.5. The second kappa shape index (κ2) is 10.3. The van der Waals surface area contributed by atoms with Crippen LogP contribution in [0.25, 0.3) is 11.0 Å². The smallest absolute Gasteiger partial charge is 0.263 e. The lowest BCUT2D eigenvalue weighted by molar-refractivity contribution is -0.114. The number of hydrogen-bond donors (Lipinski definition) is 2. The van der Waals surface area contributed by atoms with Crippen LogP contribution in [0.4, 0.5) is 11.4 Å². The molecule has 0 fully saturated rings. The highest BCUT2D eigenvalue weighted by Gasteiger charge is 2.22. The van der Waals surface area contributed by atoms with Gasteiger partial charge in [0.2, 0.25) is 11.3 Å². The number of nitrogens with one attached hydrogen (secondary N) is 2. The molecular formula is C26H30N2O4. The van der Waals surface area contributed by atoms with E-state index in [1.54, 1.807) is 18.2 Å². The van der Waals surface area contributed by atoms with E-state index >= 15 is 0 Å². The number of unbranched alkanes of at least 4 members (excludes halogenated alkanes) is 1. The van der Waals surface area contributed by atoms with Gasteiger partial charge in [-0.3, -0.25) is 14.4 Å². The first kappa shape index (κ1) is 23.3. The molecule has 2 N–H and O–H groups in total. The molecule has 0 saturated carbocycles. The van der Waals surface area contributed by atoms with E-state index in [2.05, 4.69) is 10.6 Å². The summed E-state index contributed by atoms with van der Waals surface area (Å²) in [5.41, 5.74) is 3.31. The highest BCUT2D eigenvalue weighted by Crippen LogP contribution is 2.25. The third-order valence-corrected chi connectivity index (χ3v) is 5.51. The molecule has 6 nitrogen and oxygen atoms in total. The normalized spacial score (nSPS) is 10.9. The number of para-hydroxylation sites is 1. The van der Waals surface area contributed by atoms with E-state index < -0.39 is 11.3 Å². The van der Waals surface area contributed by atoms with Crippen molar-refractivity contribution in [1.29, 1.82) is 0 Å². The molecule has 0 aliphatic heterocycles. The third-order valence-electron chi connectivity index (χ3n) is 5.51. The van der Waals surface area contributed by atoms with Gasteiger partial charge in [0, 0.05) is 24.7 Å². The Morgan fingerprint density at radius 2 is 1.66 bits per heavy atom. The number of anilines is 2. The first-order valence-electron chi connectivity index (χ1n) is 11.2. The van der Waals surface area contributed by atoms with Crippen LogP contribution in [-0.4, -0.2) is 11.8 Å². The number of amides is 2. The summed E-state index contributed by atoms with van der Waals surface area (Å²) in [6.45, 7) is 7.51. The van der Waals surface area contributed by atoms with Gasteiger partial charge in [0.05, 0.1) is 5.39 Å². The third kappa shape index (κ3) is 4.90. The fraction of sp³-hybridized carbons (Fsp3) is 0.346. The van der Waals surface area contributed by atoms with Crippen molar-refractivity contribution in [2.45, 2.75) is 59.8 Å². The summed E-state index contributed by atoms with van der Waals surface area (Å²) >= 11 is 0. The van der Waals surface area contributed by atoms with Crippen LogP contribution in [0.15, 0.2) is 45.6 Å². The fourth-order valence-electron chi connectivity index (χ4n) is 3.84. The van der Waals surface area contributed by atoms with E-state index in [-0.39, 0.29) is 16.9 Å². The zero-order valence-electron chi connectivity index (χ0n) is 19.1. The lowest BCUT2D eigenvalue weighted by atomic mass is 10.0. The molecule has 2 amide bonds. The number of hydrogen-bond acceptors (Lipinski definition) is 4. The predicted molar refractivity (Wildman–Crippen MR) is 129 cm³/mol. The minimum atomic E-state index is -0.465. The molecular weight excluding hydrogens is 404 g/mol. The summed E-state index contributed by atoms with van der Waals surface area (Å²) in [6, 6.07) is 10.8. The van der Waals surface area contributed by atoms with Crippen molar-refractivity contribution in [3.63, 3.8) is 0 Å². The molecule has 0 atom stereocenters. The zero-order chi connectivity index (χ0) is 23.3. The molecule has 0 spiro atoms. The summed E-state index contributed by atoms with van der Waals surface area (Å²) in [6.07, 6.45) is 3.72. The monoisotopic (exact) mass is 434 g/mol. The lowest BCUT2D eigenvalue weighted by Gasteiger charge is -2.16. The maximum Gasteiger partial charge on any atom is 0.263 e. The van der Waals surface area contributed by atoms with Crippen LogP contribution in [-0.2, 0) is 24.1 Å². The van der Waals surface area contributed by atoms with E-state index in [4.69, 9.17) is 4.42 Å². The van der Waals surface area contributed by atoms with Gasteiger partial charge in [0.1, 0.15) is 16.9 Å². The van der Waals surface area contributed by atoms with Crippen LogP contribution < -0.4 is 16.1 Å². The first-order valence-corrected chi connectivity index (χ1v) is 11.2. The average Bonchev–Trinajstić information content (AvgIpc) is 2.77. The minimum Gasteiger partial charge on any atom is -0.460 e. The van der Waals surface area contributed by atoms with E-state index in [9.17, 15) is 14.4 Å². The largest absolute Gasteiger partial charge is 0.460 e. The first-order chi connectivity index (χ1) is 15.4. The van der Waals surface area contributed by atoms with Crippen LogP contribution >= 0.6 is 0 Å². The SMILES string of the molecule is CCCCc1oc2ccc(NC(C)=O)cc2c(=O)c1C(=O)Nc1c(CC)cccc1CC. The maximum atomic E-state index is 13.5. The Labute approximate surface area is 188 Å². The molecule has 0 saturated heterocycles. The number of rotatable bonds is 8. The fourth-order valence-corrected chi connectivity index (χ4v) is 3.84. The molecule has 32 heavy (non-hydrogen) atoms. The average molecular weight is 435 g/mol. The number of benzene rings is 2. The van der Waals surface area contributed by atoms with E-state index in [0.717, 1.165) is 42.5 Å². The highest BCUT2D eigenvalue weighted by molar-refractivity contribution is 6.07. The second-order valence-electron chi connectivity index (χ2n) is 7.84.